The number of thioether (sulfide) groups is 1. The zero-order valence-electron chi connectivity index (χ0n) is 13.0. The average Bonchev–Trinajstić information content (AvgIpc) is 2.80. The number of halogens is 1. The maximum Gasteiger partial charge on any atom is 0.298 e. The number of benzene rings is 1. The van der Waals surface area contributed by atoms with Crippen LogP contribution in [0, 0.1) is 0 Å². The summed E-state index contributed by atoms with van der Waals surface area (Å²) in [6.45, 7) is 0.435. The number of fused-ring (bicyclic) bond motifs is 1. The van der Waals surface area contributed by atoms with Gasteiger partial charge < -0.3 is 12.4 Å². The summed E-state index contributed by atoms with van der Waals surface area (Å²) in [4.78, 5) is 0. The molecule has 1 aromatic heterocycles. The summed E-state index contributed by atoms with van der Waals surface area (Å²) in [7, 11) is -7.95. The first-order valence-corrected chi connectivity index (χ1v) is 12.1. The van der Waals surface area contributed by atoms with Gasteiger partial charge in [0.25, 0.3) is 24.6 Å². The van der Waals surface area contributed by atoms with Gasteiger partial charge in [-0.3, -0.25) is 9.11 Å². The standard InChI is InChI=1S/C13H17NO6S4.ClH/c15-23(16,17)9-3-7-14-11-5-1-2-6-12(11)22-13(14)21-8-4-10-24(18,19)20;/h1-2,5-6H,3-4,7-10H2,(H-,15,16,17,18,19,20);1H. The van der Waals surface area contributed by atoms with Gasteiger partial charge in [-0.15, -0.1) is 0 Å². The molecule has 25 heavy (non-hydrogen) atoms. The van der Waals surface area contributed by atoms with Crippen molar-refractivity contribution in [2.45, 2.75) is 23.7 Å². The number of rotatable bonds is 9. The molecule has 0 aliphatic heterocycles. The van der Waals surface area contributed by atoms with Crippen molar-refractivity contribution in [3.05, 3.63) is 24.3 Å². The van der Waals surface area contributed by atoms with Gasteiger partial charge in [0.2, 0.25) is 5.52 Å². The molecule has 0 saturated carbocycles. The minimum Gasteiger partial charge on any atom is -1.00 e. The third-order valence-electron chi connectivity index (χ3n) is 3.13. The SMILES string of the molecule is O=S(=O)(O)CCCSc1sc2ccccc2[n+]1CCCS(=O)(=O)O.[Cl-]. The second kappa shape index (κ2) is 9.49. The van der Waals surface area contributed by atoms with Crippen molar-refractivity contribution in [2.75, 3.05) is 17.3 Å². The molecule has 1 aromatic carbocycles. The first-order chi connectivity index (χ1) is 11.2. The lowest BCUT2D eigenvalue weighted by Crippen LogP contribution is -3.00. The average molecular weight is 448 g/mol. The third kappa shape index (κ3) is 7.77. The lowest BCUT2D eigenvalue weighted by molar-refractivity contribution is -0.701. The first-order valence-electron chi connectivity index (χ1n) is 7.10. The van der Waals surface area contributed by atoms with Gasteiger partial charge in [-0.05, 0) is 24.2 Å². The molecular formula is C13H18ClNO6S4. The highest BCUT2D eigenvalue weighted by Gasteiger charge is 2.21. The molecule has 2 N–H and O–H groups in total. The van der Waals surface area contributed by atoms with Crippen LogP contribution >= 0.6 is 23.1 Å². The molecule has 1 heterocycles. The van der Waals surface area contributed by atoms with Gasteiger partial charge in [-0.2, -0.15) is 21.4 Å². The summed E-state index contributed by atoms with van der Waals surface area (Å²) in [5.74, 6) is -0.0738. The smallest absolute Gasteiger partial charge is 0.298 e. The van der Waals surface area contributed by atoms with Gasteiger partial charge in [-0.1, -0.05) is 23.5 Å². The Bertz CT molecular complexity index is 910. The molecule has 7 nitrogen and oxygen atoms in total. The Morgan fingerprint density at radius 2 is 1.60 bits per heavy atom. The van der Waals surface area contributed by atoms with Gasteiger partial charge in [-0.25, -0.2) is 0 Å². The second-order valence-electron chi connectivity index (χ2n) is 5.11. The van der Waals surface area contributed by atoms with Crippen molar-refractivity contribution < 1.29 is 42.9 Å². The highest BCUT2D eigenvalue weighted by Crippen LogP contribution is 2.28. The van der Waals surface area contributed by atoms with E-state index in [1.165, 1.54) is 11.8 Å². The van der Waals surface area contributed by atoms with Crippen LogP contribution in [-0.4, -0.2) is 43.2 Å². The molecule has 0 aliphatic carbocycles. The van der Waals surface area contributed by atoms with Crippen LogP contribution in [0.1, 0.15) is 12.8 Å². The summed E-state index contributed by atoms with van der Waals surface area (Å²) >= 11 is 3.01. The molecule has 0 spiro atoms. The largest absolute Gasteiger partial charge is 1.00 e. The van der Waals surface area contributed by atoms with Gasteiger partial charge in [0.05, 0.1) is 11.5 Å². The molecule has 12 heteroatoms. The van der Waals surface area contributed by atoms with Crippen LogP contribution in [0.2, 0.25) is 0 Å². The fraction of sp³-hybridized carbons (Fsp3) is 0.462. The maximum atomic E-state index is 10.9. The summed E-state index contributed by atoms with van der Waals surface area (Å²) in [5, 5.41) is 0. The number of hydrogen-bond acceptors (Lipinski definition) is 6. The molecule has 0 atom stereocenters. The predicted molar refractivity (Wildman–Crippen MR) is 94.8 cm³/mol. The van der Waals surface area contributed by atoms with E-state index in [1.54, 1.807) is 11.3 Å². The molecule has 0 aliphatic rings. The van der Waals surface area contributed by atoms with Crippen molar-refractivity contribution >= 4 is 53.6 Å². The molecule has 142 valence electrons. The zero-order valence-corrected chi connectivity index (χ0v) is 17.1. The lowest BCUT2D eigenvalue weighted by atomic mass is 10.3. The van der Waals surface area contributed by atoms with Crippen LogP contribution in [0.5, 0.6) is 0 Å². The Balaban J connectivity index is 0.00000312. The maximum absolute atomic E-state index is 10.9. The molecule has 2 aromatic rings. The summed E-state index contributed by atoms with van der Waals surface area (Å²) in [6.07, 6.45) is 0.603. The van der Waals surface area contributed by atoms with E-state index in [4.69, 9.17) is 9.11 Å². The van der Waals surface area contributed by atoms with Crippen LogP contribution < -0.4 is 17.0 Å². The van der Waals surface area contributed by atoms with E-state index in [9.17, 15) is 16.8 Å². The van der Waals surface area contributed by atoms with Crippen molar-refractivity contribution in [3.63, 3.8) is 0 Å². The Morgan fingerprint density at radius 3 is 2.24 bits per heavy atom. The fourth-order valence-electron chi connectivity index (χ4n) is 2.14. The molecule has 0 radical (unpaired) electrons. The topological polar surface area (TPSA) is 113 Å². The van der Waals surface area contributed by atoms with Crippen LogP contribution in [0.15, 0.2) is 28.6 Å². The van der Waals surface area contributed by atoms with Crippen molar-refractivity contribution in [1.82, 2.24) is 0 Å². The van der Waals surface area contributed by atoms with Crippen molar-refractivity contribution in [1.29, 1.82) is 0 Å². The van der Waals surface area contributed by atoms with Gasteiger partial charge in [0.15, 0.2) is 6.54 Å². The van der Waals surface area contributed by atoms with Gasteiger partial charge >= 0.3 is 0 Å². The fourth-order valence-corrected chi connectivity index (χ4v) is 5.81. The molecule has 0 fully saturated rings. The summed E-state index contributed by atoms with van der Waals surface area (Å²) in [6, 6.07) is 7.69. The lowest BCUT2D eigenvalue weighted by Gasteiger charge is -2.00. The number of hydrogen-bond donors (Lipinski definition) is 2. The number of thiazole rings is 1. The van der Waals surface area contributed by atoms with E-state index in [2.05, 4.69) is 0 Å². The monoisotopic (exact) mass is 447 g/mol. The van der Waals surface area contributed by atoms with E-state index in [1.807, 2.05) is 28.8 Å². The number of nitrogens with zero attached hydrogens (tertiary/aromatic N) is 1. The third-order valence-corrected chi connectivity index (χ3v) is 7.26. The number of para-hydroxylation sites is 1. The van der Waals surface area contributed by atoms with E-state index >= 15 is 0 Å². The number of aryl methyl sites for hydroxylation is 1. The molecule has 0 amide bonds. The highest BCUT2D eigenvalue weighted by atomic mass is 35.5. The van der Waals surface area contributed by atoms with Crippen LogP contribution in [-0.2, 0) is 26.8 Å². The van der Waals surface area contributed by atoms with E-state index in [0.29, 0.717) is 18.7 Å². The van der Waals surface area contributed by atoms with Gasteiger partial charge in [0.1, 0.15) is 4.70 Å². The Labute approximate surface area is 161 Å². The Morgan fingerprint density at radius 1 is 1.00 bits per heavy atom. The minimum absolute atomic E-state index is 0. The normalized spacial score (nSPS) is 12.2. The van der Waals surface area contributed by atoms with Crippen LogP contribution in [0.4, 0.5) is 0 Å². The highest BCUT2D eigenvalue weighted by molar-refractivity contribution is 8.01. The van der Waals surface area contributed by atoms with E-state index < -0.39 is 20.2 Å². The Hall–Kier alpha value is -0.430. The first kappa shape index (κ1) is 22.6. The molecule has 0 bridgehead atoms. The van der Waals surface area contributed by atoms with Crippen molar-refractivity contribution in [3.8, 4) is 0 Å². The molecule has 2 rings (SSSR count). The van der Waals surface area contributed by atoms with Gasteiger partial charge in [0, 0.05) is 18.2 Å². The van der Waals surface area contributed by atoms with Crippen molar-refractivity contribution in [2.24, 2.45) is 0 Å². The quantitative estimate of drug-likeness (QED) is 0.216. The molecular weight excluding hydrogens is 430 g/mol. The summed E-state index contributed by atoms with van der Waals surface area (Å²) in [5.41, 5.74) is 0.968. The predicted octanol–water partition coefficient (Wildman–Crippen LogP) is -1.16. The second-order valence-corrected chi connectivity index (χ2v) is 10.6. The van der Waals surface area contributed by atoms with E-state index in [-0.39, 0.29) is 30.3 Å². The van der Waals surface area contributed by atoms with Crippen LogP contribution in [0.25, 0.3) is 10.2 Å². The molecule has 0 unspecified atom stereocenters. The van der Waals surface area contributed by atoms with Crippen LogP contribution in [0.3, 0.4) is 0 Å². The summed E-state index contributed by atoms with van der Waals surface area (Å²) < 4.78 is 64.8. The minimum atomic E-state index is -3.99. The van der Waals surface area contributed by atoms with E-state index in [0.717, 1.165) is 14.6 Å². The Kier molecular flexibility index (Phi) is 8.58. The number of aromatic nitrogens is 1. The molecule has 0 saturated heterocycles. The zero-order chi connectivity index (χ0) is 17.8.